The fourth-order valence-corrected chi connectivity index (χ4v) is 0.614. The van der Waals surface area contributed by atoms with Crippen LogP contribution >= 0.6 is 0 Å². The highest BCUT2D eigenvalue weighted by Gasteiger charge is 2.00. The Kier molecular flexibility index (Phi) is 5.47. The van der Waals surface area contributed by atoms with E-state index in [0.717, 1.165) is 13.1 Å². The summed E-state index contributed by atoms with van der Waals surface area (Å²) < 4.78 is 4.51. The summed E-state index contributed by atoms with van der Waals surface area (Å²) in [6.45, 7) is 5.38. The molecule has 1 N–H and O–H groups in total. The van der Waals surface area contributed by atoms with E-state index in [1.54, 1.807) is 6.92 Å². The van der Waals surface area contributed by atoms with Crippen molar-refractivity contribution >= 4 is 5.97 Å². The SMILES string of the molecule is CCNC/C=C(/C)C(=O)OC. The predicted octanol–water partition coefficient (Wildman–Crippen LogP) is 0.715. The van der Waals surface area contributed by atoms with Gasteiger partial charge in [0.2, 0.25) is 0 Å². The zero-order valence-corrected chi connectivity index (χ0v) is 7.31. The molecule has 0 rings (SSSR count). The highest BCUT2D eigenvalue weighted by molar-refractivity contribution is 5.87. The number of nitrogens with one attached hydrogen (secondary N) is 1. The van der Waals surface area contributed by atoms with Gasteiger partial charge >= 0.3 is 5.97 Å². The quantitative estimate of drug-likeness (QED) is 0.371. The molecule has 0 spiro atoms. The van der Waals surface area contributed by atoms with E-state index in [4.69, 9.17) is 0 Å². The predicted molar refractivity (Wildman–Crippen MR) is 44.3 cm³/mol. The molecule has 3 heteroatoms. The highest BCUT2D eigenvalue weighted by Crippen LogP contribution is 1.93. The van der Waals surface area contributed by atoms with Crippen molar-refractivity contribution in [2.45, 2.75) is 13.8 Å². The molecular weight excluding hydrogens is 142 g/mol. The maximum absolute atomic E-state index is 10.8. The third-order valence-corrected chi connectivity index (χ3v) is 1.31. The summed E-state index contributed by atoms with van der Waals surface area (Å²) in [5.74, 6) is -0.261. The molecule has 0 saturated carbocycles. The Morgan fingerprint density at radius 2 is 2.27 bits per heavy atom. The van der Waals surface area contributed by atoms with Crippen LogP contribution in [0.5, 0.6) is 0 Å². The minimum atomic E-state index is -0.261. The standard InChI is InChI=1S/C8H15NO2/c1-4-9-6-5-7(2)8(10)11-3/h5,9H,4,6H2,1-3H3/b7-5-. The minimum Gasteiger partial charge on any atom is -0.466 e. The summed E-state index contributed by atoms with van der Waals surface area (Å²) >= 11 is 0. The van der Waals surface area contributed by atoms with Crippen molar-refractivity contribution in [2.75, 3.05) is 20.2 Å². The van der Waals surface area contributed by atoms with E-state index < -0.39 is 0 Å². The van der Waals surface area contributed by atoms with Gasteiger partial charge in [0.15, 0.2) is 0 Å². The molecule has 0 fully saturated rings. The summed E-state index contributed by atoms with van der Waals surface area (Å²) in [6.07, 6.45) is 1.81. The van der Waals surface area contributed by atoms with Crippen molar-refractivity contribution < 1.29 is 9.53 Å². The molecule has 0 radical (unpaired) electrons. The van der Waals surface area contributed by atoms with Crippen molar-refractivity contribution in [3.05, 3.63) is 11.6 Å². The number of rotatable bonds is 4. The number of likely N-dealkylation sites (N-methyl/N-ethyl adjacent to an activating group) is 1. The molecule has 3 nitrogen and oxygen atoms in total. The Morgan fingerprint density at radius 1 is 1.64 bits per heavy atom. The second kappa shape index (κ2) is 5.92. The Morgan fingerprint density at radius 3 is 2.73 bits per heavy atom. The third-order valence-electron chi connectivity index (χ3n) is 1.31. The van der Waals surface area contributed by atoms with Crippen LogP contribution in [0.4, 0.5) is 0 Å². The van der Waals surface area contributed by atoms with Crippen molar-refractivity contribution in [2.24, 2.45) is 0 Å². The molecule has 11 heavy (non-hydrogen) atoms. The number of esters is 1. The average molecular weight is 157 g/mol. The molecule has 0 unspecified atom stereocenters. The number of carbonyl (C=O) groups is 1. The van der Waals surface area contributed by atoms with Crippen LogP contribution in [0.25, 0.3) is 0 Å². The number of ether oxygens (including phenoxy) is 1. The zero-order chi connectivity index (χ0) is 8.69. The molecule has 64 valence electrons. The number of hydrogen-bond donors (Lipinski definition) is 1. The van der Waals surface area contributed by atoms with Gasteiger partial charge in [0.1, 0.15) is 0 Å². The lowest BCUT2D eigenvalue weighted by Gasteiger charge is -1.98. The second-order valence-corrected chi connectivity index (χ2v) is 2.19. The molecule has 0 saturated heterocycles. The van der Waals surface area contributed by atoms with Crippen LogP contribution in [-0.2, 0) is 9.53 Å². The first-order chi connectivity index (χ1) is 5.22. The molecule has 0 aromatic carbocycles. The van der Waals surface area contributed by atoms with E-state index in [1.165, 1.54) is 7.11 Å². The second-order valence-electron chi connectivity index (χ2n) is 2.19. The van der Waals surface area contributed by atoms with E-state index in [-0.39, 0.29) is 5.97 Å². The third kappa shape index (κ3) is 4.56. The lowest BCUT2D eigenvalue weighted by Crippen LogP contribution is -2.13. The van der Waals surface area contributed by atoms with Crippen LogP contribution in [-0.4, -0.2) is 26.2 Å². The molecule has 0 atom stereocenters. The van der Waals surface area contributed by atoms with Crippen LogP contribution in [0.15, 0.2) is 11.6 Å². The van der Waals surface area contributed by atoms with Gasteiger partial charge in [-0.05, 0) is 13.5 Å². The topological polar surface area (TPSA) is 38.3 Å². The van der Waals surface area contributed by atoms with Crippen molar-refractivity contribution in [1.82, 2.24) is 5.32 Å². The van der Waals surface area contributed by atoms with E-state index in [9.17, 15) is 4.79 Å². The van der Waals surface area contributed by atoms with Crippen LogP contribution in [0.1, 0.15) is 13.8 Å². The van der Waals surface area contributed by atoms with Crippen molar-refractivity contribution in [3.8, 4) is 0 Å². The molecule has 0 aromatic rings. The van der Waals surface area contributed by atoms with Crippen molar-refractivity contribution in [1.29, 1.82) is 0 Å². The summed E-state index contributed by atoms with van der Waals surface area (Å²) in [4.78, 5) is 10.8. The molecule has 0 aliphatic heterocycles. The Bertz CT molecular complexity index is 152. The smallest absolute Gasteiger partial charge is 0.333 e. The first-order valence-electron chi connectivity index (χ1n) is 3.68. The van der Waals surface area contributed by atoms with Crippen LogP contribution in [0.2, 0.25) is 0 Å². The van der Waals surface area contributed by atoms with Gasteiger partial charge in [0.25, 0.3) is 0 Å². The van der Waals surface area contributed by atoms with E-state index >= 15 is 0 Å². The summed E-state index contributed by atoms with van der Waals surface area (Å²) in [7, 11) is 1.38. The fourth-order valence-electron chi connectivity index (χ4n) is 0.614. The van der Waals surface area contributed by atoms with Crippen LogP contribution < -0.4 is 5.32 Å². The largest absolute Gasteiger partial charge is 0.466 e. The van der Waals surface area contributed by atoms with Gasteiger partial charge in [0.05, 0.1) is 7.11 Å². The summed E-state index contributed by atoms with van der Waals surface area (Å²) in [5.41, 5.74) is 0.647. The Hall–Kier alpha value is -0.830. The number of carbonyl (C=O) groups excluding carboxylic acids is 1. The van der Waals surface area contributed by atoms with Gasteiger partial charge in [0, 0.05) is 12.1 Å². The molecule has 0 amide bonds. The Labute approximate surface area is 67.4 Å². The van der Waals surface area contributed by atoms with Gasteiger partial charge in [-0.2, -0.15) is 0 Å². The van der Waals surface area contributed by atoms with Crippen LogP contribution in [0, 0.1) is 0 Å². The normalized spacial score (nSPS) is 11.4. The van der Waals surface area contributed by atoms with E-state index in [1.807, 2.05) is 13.0 Å². The first kappa shape index (κ1) is 10.2. The van der Waals surface area contributed by atoms with Gasteiger partial charge < -0.3 is 10.1 Å². The monoisotopic (exact) mass is 157 g/mol. The number of hydrogen-bond acceptors (Lipinski definition) is 3. The maximum atomic E-state index is 10.8. The van der Waals surface area contributed by atoms with Crippen molar-refractivity contribution in [3.63, 3.8) is 0 Å². The lowest BCUT2D eigenvalue weighted by atomic mass is 10.3. The molecular formula is C8H15NO2. The average Bonchev–Trinajstić information content (AvgIpc) is 2.03. The van der Waals surface area contributed by atoms with Gasteiger partial charge in [-0.25, -0.2) is 4.79 Å². The summed E-state index contributed by atoms with van der Waals surface area (Å²) in [5, 5.41) is 3.07. The first-order valence-corrected chi connectivity index (χ1v) is 3.68. The minimum absolute atomic E-state index is 0.261. The zero-order valence-electron chi connectivity index (χ0n) is 7.31. The fraction of sp³-hybridized carbons (Fsp3) is 0.625. The van der Waals surface area contributed by atoms with E-state index in [2.05, 4.69) is 10.1 Å². The maximum Gasteiger partial charge on any atom is 0.333 e. The van der Waals surface area contributed by atoms with E-state index in [0.29, 0.717) is 5.57 Å². The molecule has 0 aromatic heterocycles. The number of methoxy groups -OCH3 is 1. The van der Waals surface area contributed by atoms with Gasteiger partial charge in [-0.1, -0.05) is 13.0 Å². The molecule has 0 aliphatic rings. The van der Waals surface area contributed by atoms with Gasteiger partial charge in [-0.15, -0.1) is 0 Å². The Balaban J connectivity index is 3.71. The highest BCUT2D eigenvalue weighted by atomic mass is 16.5. The molecule has 0 aliphatic carbocycles. The molecule has 0 bridgehead atoms. The van der Waals surface area contributed by atoms with Gasteiger partial charge in [-0.3, -0.25) is 0 Å². The lowest BCUT2D eigenvalue weighted by molar-refractivity contribution is -0.136. The molecule has 0 heterocycles. The van der Waals surface area contributed by atoms with Crippen LogP contribution in [0.3, 0.4) is 0 Å². The summed E-state index contributed by atoms with van der Waals surface area (Å²) in [6, 6.07) is 0.